The van der Waals surface area contributed by atoms with Crippen molar-refractivity contribution in [2.75, 3.05) is 13.1 Å². The van der Waals surface area contributed by atoms with Crippen molar-refractivity contribution < 1.29 is 4.79 Å². The summed E-state index contributed by atoms with van der Waals surface area (Å²) in [6.45, 7) is 5.81. The molecule has 0 unspecified atom stereocenters. The Morgan fingerprint density at radius 3 is 2.38 bits per heavy atom. The Kier molecular flexibility index (Phi) is 5.80. The van der Waals surface area contributed by atoms with Gasteiger partial charge in [-0.3, -0.25) is 4.79 Å². The number of rotatable bonds is 5. The van der Waals surface area contributed by atoms with Crippen LogP contribution in [0, 0.1) is 3.57 Å². The Morgan fingerprint density at radius 1 is 1.25 bits per heavy atom. The first-order valence-electron chi connectivity index (χ1n) is 5.73. The van der Waals surface area contributed by atoms with Crippen molar-refractivity contribution in [3.8, 4) is 0 Å². The highest BCUT2D eigenvalue weighted by molar-refractivity contribution is 14.1. The number of hydrogen-bond donors (Lipinski definition) is 0. The number of unbranched alkanes of at least 4 members (excludes halogenated alkanes) is 1. The molecular weight excluding hydrogens is 313 g/mol. The van der Waals surface area contributed by atoms with Gasteiger partial charge in [0, 0.05) is 22.2 Å². The maximum absolute atomic E-state index is 12.1. The molecular formula is C13H18INO. The van der Waals surface area contributed by atoms with Crippen LogP contribution in [0.25, 0.3) is 0 Å². The van der Waals surface area contributed by atoms with Gasteiger partial charge in [0.15, 0.2) is 0 Å². The highest BCUT2D eigenvalue weighted by Crippen LogP contribution is 2.10. The third-order valence-corrected chi connectivity index (χ3v) is 3.26. The SMILES string of the molecule is CCCCN(CC)C(=O)c1ccc(I)cc1. The van der Waals surface area contributed by atoms with Crippen molar-refractivity contribution in [2.24, 2.45) is 0 Å². The second-order valence-electron chi connectivity index (χ2n) is 3.75. The van der Waals surface area contributed by atoms with E-state index in [9.17, 15) is 4.79 Å². The molecule has 1 amide bonds. The summed E-state index contributed by atoms with van der Waals surface area (Å²) in [5, 5.41) is 0. The van der Waals surface area contributed by atoms with E-state index in [1.165, 1.54) is 0 Å². The van der Waals surface area contributed by atoms with E-state index < -0.39 is 0 Å². The first kappa shape index (κ1) is 13.5. The van der Waals surface area contributed by atoms with Gasteiger partial charge in [-0.2, -0.15) is 0 Å². The zero-order valence-corrected chi connectivity index (χ0v) is 12.0. The van der Waals surface area contributed by atoms with Gasteiger partial charge in [0.2, 0.25) is 0 Å². The summed E-state index contributed by atoms with van der Waals surface area (Å²) >= 11 is 2.24. The first-order chi connectivity index (χ1) is 7.69. The number of carbonyl (C=O) groups is 1. The predicted octanol–water partition coefficient (Wildman–Crippen LogP) is 3.55. The summed E-state index contributed by atoms with van der Waals surface area (Å²) in [7, 11) is 0. The van der Waals surface area contributed by atoms with Crippen molar-refractivity contribution in [3.05, 3.63) is 33.4 Å². The standard InChI is InChI=1S/C13H18INO/c1-3-5-10-15(4-2)13(16)11-6-8-12(14)9-7-11/h6-9H,3-5,10H2,1-2H3. The summed E-state index contributed by atoms with van der Waals surface area (Å²) in [6.07, 6.45) is 2.19. The van der Waals surface area contributed by atoms with Gasteiger partial charge < -0.3 is 4.90 Å². The molecule has 1 rings (SSSR count). The molecule has 3 heteroatoms. The molecule has 0 aliphatic carbocycles. The van der Waals surface area contributed by atoms with Crippen LogP contribution in [0.4, 0.5) is 0 Å². The second-order valence-corrected chi connectivity index (χ2v) is 4.99. The lowest BCUT2D eigenvalue weighted by atomic mass is 10.2. The molecule has 0 heterocycles. The van der Waals surface area contributed by atoms with Gasteiger partial charge in [-0.25, -0.2) is 0 Å². The molecule has 2 nitrogen and oxygen atoms in total. The fourth-order valence-electron chi connectivity index (χ4n) is 1.53. The molecule has 0 N–H and O–H groups in total. The Balaban J connectivity index is 2.70. The molecule has 0 fully saturated rings. The van der Waals surface area contributed by atoms with Gasteiger partial charge in [-0.05, 0) is 60.2 Å². The predicted molar refractivity (Wildman–Crippen MR) is 75.6 cm³/mol. The lowest BCUT2D eigenvalue weighted by Crippen LogP contribution is -2.31. The fourth-order valence-corrected chi connectivity index (χ4v) is 1.89. The van der Waals surface area contributed by atoms with E-state index in [0.29, 0.717) is 0 Å². The Bertz CT molecular complexity index is 334. The Morgan fingerprint density at radius 2 is 1.88 bits per heavy atom. The van der Waals surface area contributed by atoms with E-state index in [0.717, 1.165) is 35.1 Å². The van der Waals surface area contributed by atoms with E-state index in [1.54, 1.807) is 0 Å². The van der Waals surface area contributed by atoms with E-state index in [2.05, 4.69) is 29.5 Å². The van der Waals surface area contributed by atoms with Gasteiger partial charge >= 0.3 is 0 Å². The summed E-state index contributed by atoms with van der Waals surface area (Å²) in [5.41, 5.74) is 0.790. The molecule has 1 aromatic rings. The minimum atomic E-state index is 0.146. The molecule has 0 aliphatic rings. The largest absolute Gasteiger partial charge is 0.339 e. The van der Waals surface area contributed by atoms with Gasteiger partial charge in [0.1, 0.15) is 0 Å². The number of hydrogen-bond acceptors (Lipinski definition) is 1. The maximum Gasteiger partial charge on any atom is 0.253 e. The quantitative estimate of drug-likeness (QED) is 0.756. The number of nitrogens with zero attached hydrogens (tertiary/aromatic N) is 1. The van der Waals surface area contributed by atoms with Crippen molar-refractivity contribution in [3.63, 3.8) is 0 Å². The van der Waals surface area contributed by atoms with Crippen molar-refractivity contribution >= 4 is 28.5 Å². The molecule has 0 radical (unpaired) electrons. The fraction of sp³-hybridized carbons (Fsp3) is 0.462. The molecule has 0 saturated heterocycles. The molecule has 0 aromatic heterocycles. The molecule has 0 bridgehead atoms. The van der Waals surface area contributed by atoms with Crippen LogP contribution in [-0.2, 0) is 0 Å². The van der Waals surface area contributed by atoms with Gasteiger partial charge in [0.05, 0.1) is 0 Å². The zero-order valence-electron chi connectivity index (χ0n) is 9.87. The van der Waals surface area contributed by atoms with Crippen LogP contribution in [0.1, 0.15) is 37.0 Å². The summed E-state index contributed by atoms with van der Waals surface area (Å²) in [4.78, 5) is 14.0. The molecule has 88 valence electrons. The summed E-state index contributed by atoms with van der Waals surface area (Å²) in [6, 6.07) is 7.75. The van der Waals surface area contributed by atoms with Crippen molar-refractivity contribution in [1.29, 1.82) is 0 Å². The van der Waals surface area contributed by atoms with Gasteiger partial charge in [-0.15, -0.1) is 0 Å². The third kappa shape index (κ3) is 3.77. The smallest absolute Gasteiger partial charge is 0.253 e. The monoisotopic (exact) mass is 331 g/mol. The highest BCUT2D eigenvalue weighted by atomic mass is 127. The van der Waals surface area contributed by atoms with Crippen LogP contribution >= 0.6 is 22.6 Å². The molecule has 1 aromatic carbocycles. The lowest BCUT2D eigenvalue weighted by Gasteiger charge is -2.20. The van der Waals surface area contributed by atoms with Crippen LogP contribution in [0.2, 0.25) is 0 Å². The summed E-state index contributed by atoms with van der Waals surface area (Å²) < 4.78 is 1.16. The lowest BCUT2D eigenvalue weighted by molar-refractivity contribution is 0.0762. The van der Waals surface area contributed by atoms with Crippen LogP contribution in [-0.4, -0.2) is 23.9 Å². The van der Waals surface area contributed by atoms with E-state index in [1.807, 2.05) is 36.1 Å². The average Bonchev–Trinajstić information content (AvgIpc) is 2.30. The number of halogens is 1. The second kappa shape index (κ2) is 6.89. The van der Waals surface area contributed by atoms with E-state index >= 15 is 0 Å². The van der Waals surface area contributed by atoms with E-state index in [-0.39, 0.29) is 5.91 Å². The minimum absolute atomic E-state index is 0.146. The molecule has 16 heavy (non-hydrogen) atoms. The van der Waals surface area contributed by atoms with Crippen LogP contribution < -0.4 is 0 Å². The molecule has 0 spiro atoms. The Labute approximate surface area is 111 Å². The number of benzene rings is 1. The zero-order chi connectivity index (χ0) is 12.0. The highest BCUT2D eigenvalue weighted by Gasteiger charge is 2.12. The van der Waals surface area contributed by atoms with Gasteiger partial charge in [-0.1, -0.05) is 13.3 Å². The van der Waals surface area contributed by atoms with Crippen LogP contribution in [0.5, 0.6) is 0 Å². The number of amides is 1. The van der Waals surface area contributed by atoms with Crippen molar-refractivity contribution in [2.45, 2.75) is 26.7 Å². The third-order valence-electron chi connectivity index (χ3n) is 2.54. The first-order valence-corrected chi connectivity index (χ1v) is 6.81. The molecule has 0 saturated carbocycles. The van der Waals surface area contributed by atoms with Crippen LogP contribution in [0.3, 0.4) is 0 Å². The number of carbonyl (C=O) groups excluding carboxylic acids is 1. The Hall–Kier alpha value is -0.580. The van der Waals surface area contributed by atoms with Crippen LogP contribution in [0.15, 0.2) is 24.3 Å². The van der Waals surface area contributed by atoms with Gasteiger partial charge in [0.25, 0.3) is 5.91 Å². The maximum atomic E-state index is 12.1. The minimum Gasteiger partial charge on any atom is -0.339 e. The average molecular weight is 331 g/mol. The van der Waals surface area contributed by atoms with E-state index in [4.69, 9.17) is 0 Å². The normalized spacial score (nSPS) is 10.2. The molecule has 0 aliphatic heterocycles. The summed E-state index contributed by atoms with van der Waals surface area (Å²) in [5.74, 6) is 0.146. The molecule has 0 atom stereocenters. The topological polar surface area (TPSA) is 20.3 Å². The van der Waals surface area contributed by atoms with Crippen molar-refractivity contribution in [1.82, 2.24) is 4.90 Å².